The van der Waals surface area contributed by atoms with E-state index in [1.807, 2.05) is 0 Å². The third kappa shape index (κ3) is 4.51. The molecule has 1 atom stereocenters. The minimum absolute atomic E-state index is 0.207. The number of hydrogen-bond donors (Lipinski definition) is 2. The van der Waals surface area contributed by atoms with Crippen molar-refractivity contribution in [3.05, 3.63) is 29.8 Å². The molecule has 0 aromatic heterocycles. The lowest BCUT2D eigenvalue weighted by Gasteiger charge is -2.16. The maximum Gasteiger partial charge on any atom is 0.326 e. The highest BCUT2D eigenvalue weighted by atomic mass is 16.5. The standard InChI is InChI=1S/C16H21NO5/c1-10(2)14(16(19)20)17-13(18)9-8-11-6-5-7-12(21-3)15(11)22-4/h5-10,14H,1-4H3,(H,17,18)(H,19,20)/b9-8+. The van der Waals surface area contributed by atoms with Crippen LogP contribution in [0.2, 0.25) is 0 Å². The Morgan fingerprint density at radius 2 is 1.91 bits per heavy atom. The summed E-state index contributed by atoms with van der Waals surface area (Å²) in [4.78, 5) is 22.9. The lowest BCUT2D eigenvalue weighted by molar-refractivity contribution is -0.142. The van der Waals surface area contributed by atoms with Gasteiger partial charge in [0.25, 0.3) is 0 Å². The number of carboxylic acid groups (broad SMARTS) is 1. The van der Waals surface area contributed by atoms with Crippen LogP contribution in [-0.4, -0.2) is 37.2 Å². The van der Waals surface area contributed by atoms with Gasteiger partial charge in [-0.25, -0.2) is 4.79 Å². The molecule has 0 aliphatic heterocycles. The molecular weight excluding hydrogens is 286 g/mol. The van der Waals surface area contributed by atoms with Gasteiger partial charge in [-0.05, 0) is 18.1 Å². The number of amides is 1. The molecule has 1 rings (SSSR count). The number of rotatable bonds is 7. The van der Waals surface area contributed by atoms with Crippen LogP contribution in [0.1, 0.15) is 19.4 Å². The van der Waals surface area contributed by atoms with Crippen molar-refractivity contribution in [2.45, 2.75) is 19.9 Å². The first kappa shape index (κ1) is 17.6. The van der Waals surface area contributed by atoms with Crippen LogP contribution >= 0.6 is 0 Å². The zero-order valence-electron chi connectivity index (χ0n) is 13.1. The summed E-state index contributed by atoms with van der Waals surface area (Å²) in [5.41, 5.74) is 0.661. The zero-order chi connectivity index (χ0) is 16.7. The normalized spacial score (nSPS) is 12.2. The van der Waals surface area contributed by atoms with E-state index in [1.165, 1.54) is 20.3 Å². The maximum absolute atomic E-state index is 11.9. The summed E-state index contributed by atoms with van der Waals surface area (Å²) in [6.45, 7) is 3.46. The quantitative estimate of drug-likeness (QED) is 0.752. The van der Waals surface area contributed by atoms with E-state index >= 15 is 0 Å². The third-order valence-electron chi connectivity index (χ3n) is 3.08. The minimum atomic E-state index is -1.06. The number of carboxylic acids is 1. The van der Waals surface area contributed by atoms with E-state index in [0.717, 1.165) is 0 Å². The maximum atomic E-state index is 11.9. The van der Waals surface area contributed by atoms with Crippen molar-refractivity contribution in [1.29, 1.82) is 0 Å². The molecule has 1 aromatic carbocycles. The Labute approximate surface area is 129 Å². The SMILES string of the molecule is COc1cccc(/C=C/C(=O)NC(C(=O)O)C(C)C)c1OC. The van der Waals surface area contributed by atoms with Crippen molar-refractivity contribution < 1.29 is 24.2 Å². The summed E-state index contributed by atoms with van der Waals surface area (Å²) in [5, 5.41) is 11.5. The molecule has 2 N–H and O–H groups in total. The molecule has 0 heterocycles. The van der Waals surface area contributed by atoms with E-state index in [9.17, 15) is 9.59 Å². The largest absolute Gasteiger partial charge is 0.493 e. The molecule has 6 heteroatoms. The fraction of sp³-hybridized carbons (Fsp3) is 0.375. The Morgan fingerprint density at radius 1 is 1.23 bits per heavy atom. The second-order valence-corrected chi connectivity index (χ2v) is 4.98. The summed E-state index contributed by atoms with van der Waals surface area (Å²) < 4.78 is 10.4. The Bertz CT molecular complexity index is 566. The van der Waals surface area contributed by atoms with Crippen LogP contribution in [0.3, 0.4) is 0 Å². The number of benzene rings is 1. The van der Waals surface area contributed by atoms with Gasteiger partial charge in [0.05, 0.1) is 14.2 Å². The van der Waals surface area contributed by atoms with Crippen molar-refractivity contribution in [3.8, 4) is 11.5 Å². The highest BCUT2D eigenvalue weighted by Crippen LogP contribution is 2.31. The average molecular weight is 307 g/mol. The molecule has 0 aliphatic rings. The molecule has 0 saturated carbocycles. The highest BCUT2D eigenvalue weighted by molar-refractivity contribution is 5.94. The molecule has 0 bridgehead atoms. The fourth-order valence-corrected chi connectivity index (χ4v) is 1.92. The van der Waals surface area contributed by atoms with Gasteiger partial charge < -0.3 is 19.9 Å². The average Bonchev–Trinajstić information content (AvgIpc) is 2.49. The Hall–Kier alpha value is -2.50. The minimum Gasteiger partial charge on any atom is -0.493 e. The summed E-state index contributed by atoms with van der Waals surface area (Å²) in [6.07, 6.45) is 2.82. The van der Waals surface area contributed by atoms with Gasteiger partial charge in [-0.15, -0.1) is 0 Å². The number of nitrogens with one attached hydrogen (secondary N) is 1. The van der Waals surface area contributed by atoms with Crippen LogP contribution < -0.4 is 14.8 Å². The lowest BCUT2D eigenvalue weighted by Crippen LogP contribution is -2.43. The van der Waals surface area contributed by atoms with E-state index in [0.29, 0.717) is 17.1 Å². The molecule has 0 radical (unpaired) electrons. The molecule has 1 unspecified atom stereocenters. The number of aliphatic carboxylic acids is 1. The van der Waals surface area contributed by atoms with E-state index < -0.39 is 17.9 Å². The molecule has 22 heavy (non-hydrogen) atoms. The molecule has 0 saturated heterocycles. The third-order valence-corrected chi connectivity index (χ3v) is 3.08. The number of ether oxygens (including phenoxy) is 2. The molecule has 0 spiro atoms. The molecule has 0 aliphatic carbocycles. The Kier molecular flexibility index (Phi) is 6.44. The van der Waals surface area contributed by atoms with Crippen LogP contribution in [0.5, 0.6) is 11.5 Å². The van der Waals surface area contributed by atoms with Crippen LogP contribution in [0.25, 0.3) is 6.08 Å². The van der Waals surface area contributed by atoms with Gasteiger partial charge >= 0.3 is 5.97 Å². The Balaban J connectivity index is 2.88. The summed E-state index contributed by atoms with van der Waals surface area (Å²) in [5.74, 6) is -0.689. The zero-order valence-corrected chi connectivity index (χ0v) is 13.1. The monoisotopic (exact) mass is 307 g/mol. The number of methoxy groups -OCH3 is 2. The van der Waals surface area contributed by atoms with Gasteiger partial charge in [-0.2, -0.15) is 0 Å². The summed E-state index contributed by atoms with van der Waals surface area (Å²) >= 11 is 0. The van der Waals surface area contributed by atoms with Crippen LogP contribution in [0, 0.1) is 5.92 Å². The number of para-hydroxylation sites is 1. The van der Waals surface area contributed by atoms with Crippen LogP contribution in [0.15, 0.2) is 24.3 Å². The van der Waals surface area contributed by atoms with Gasteiger partial charge in [0.2, 0.25) is 5.91 Å². The fourth-order valence-electron chi connectivity index (χ4n) is 1.92. The van der Waals surface area contributed by atoms with Gasteiger partial charge in [-0.1, -0.05) is 26.0 Å². The van der Waals surface area contributed by atoms with E-state index in [2.05, 4.69) is 5.32 Å². The van der Waals surface area contributed by atoms with Gasteiger partial charge in [0.1, 0.15) is 6.04 Å². The second-order valence-electron chi connectivity index (χ2n) is 4.98. The molecule has 6 nitrogen and oxygen atoms in total. The molecule has 1 amide bonds. The number of carbonyl (C=O) groups is 2. The van der Waals surface area contributed by atoms with Crippen LogP contribution in [0.4, 0.5) is 0 Å². The van der Waals surface area contributed by atoms with Crippen molar-refractivity contribution in [3.63, 3.8) is 0 Å². The summed E-state index contributed by atoms with van der Waals surface area (Å²) in [7, 11) is 3.03. The van der Waals surface area contributed by atoms with Crippen molar-refractivity contribution >= 4 is 18.0 Å². The van der Waals surface area contributed by atoms with E-state index in [-0.39, 0.29) is 5.92 Å². The first-order chi connectivity index (χ1) is 10.4. The number of hydrogen-bond acceptors (Lipinski definition) is 4. The molecule has 0 fully saturated rings. The first-order valence-corrected chi connectivity index (χ1v) is 6.83. The van der Waals surface area contributed by atoms with Crippen LogP contribution in [-0.2, 0) is 9.59 Å². The van der Waals surface area contributed by atoms with Crippen molar-refractivity contribution in [2.75, 3.05) is 14.2 Å². The molecular formula is C16H21NO5. The number of carbonyl (C=O) groups excluding carboxylic acids is 1. The Morgan fingerprint density at radius 3 is 2.41 bits per heavy atom. The van der Waals surface area contributed by atoms with Gasteiger partial charge in [0.15, 0.2) is 11.5 Å². The van der Waals surface area contributed by atoms with Crippen molar-refractivity contribution in [1.82, 2.24) is 5.32 Å². The smallest absolute Gasteiger partial charge is 0.326 e. The molecule has 120 valence electrons. The molecule has 1 aromatic rings. The predicted octanol–water partition coefficient (Wildman–Crippen LogP) is 1.94. The summed E-state index contributed by atoms with van der Waals surface area (Å²) in [6, 6.07) is 4.36. The highest BCUT2D eigenvalue weighted by Gasteiger charge is 2.22. The van der Waals surface area contributed by atoms with Gasteiger partial charge in [0, 0.05) is 11.6 Å². The second kappa shape index (κ2) is 8.07. The first-order valence-electron chi connectivity index (χ1n) is 6.83. The topological polar surface area (TPSA) is 84.9 Å². The predicted molar refractivity (Wildman–Crippen MR) is 83.0 cm³/mol. The van der Waals surface area contributed by atoms with Gasteiger partial charge in [-0.3, -0.25) is 4.79 Å². The van der Waals surface area contributed by atoms with Crippen molar-refractivity contribution in [2.24, 2.45) is 5.92 Å². The van der Waals surface area contributed by atoms with E-state index in [1.54, 1.807) is 38.1 Å². The lowest BCUT2D eigenvalue weighted by atomic mass is 10.0. The van der Waals surface area contributed by atoms with E-state index in [4.69, 9.17) is 14.6 Å².